The second-order valence-electron chi connectivity index (χ2n) is 6.84. The first-order valence-electron chi connectivity index (χ1n) is 14.0. The van der Waals surface area contributed by atoms with Crippen LogP contribution in [0.15, 0.2) is 55.1 Å². The summed E-state index contributed by atoms with van der Waals surface area (Å²) in [7, 11) is 1.67. The number of rotatable bonds is 5. The summed E-state index contributed by atoms with van der Waals surface area (Å²) in [5.74, 6) is 2.70. The van der Waals surface area contributed by atoms with Crippen molar-refractivity contribution < 1.29 is 9.13 Å². The van der Waals surface area contributed by atoms with Crippen LogP contribution >= 0.6 is 0 Å². The lowest BCUT2D eigenvalue weighted by molar-refractivity contribution is 0.412. The molecule has 8 heteroatoms. The minimum Gasteiger partial charge on any atom is -0.495 e. The third-order valence-electron chi connectivity index (χ3n) is 4.54. The second-order valence-corrected chi connectivity index (χ2v) is 6.84. The number of aromatic nitrogens is 6. The molecule has 3 aromatic heterocycles. The quantitative estimate of drug-likeness (QED) is 0.252. The van der Waals surface area contributed by atoms with Crippen LogP contribution in [0.25, 0.3) is 17.1 Å². The molecule has 216 valence electrons. The van der Waals surface area contributed by atoms with Gasteiger partial charge in [-0.05, 0) is 44.0 Å². The Hall–Kier alpha value is -3.68. The molecule has 0 N–H and O–H groups in total. The number of para-hydroxylation sites is 1. The molecule has 1 aromatic carbocycles. The molecule has 0 spiro atoms. The van der Waals surface area contributed by atoms with E-state index >= 15 is 0 Å². The molecule has 39 heavy (non-hydrogen) atoms. The lowest BCUT2D eigenvalue weighted by atomic mass is 10.1. The van der Waals surface area contributed by atoms with Gasteiger partial charge in [0.05, 0.1) is 25.2 Å². The Morgan fingerprint density at radius 3 is 1.95 bits per heavy atom. The van der Waals surface area contributed by atoms with Crippen molar-refractivity contribution in [2.45, 2.75) is 89.0 Å². The Morgan fingerprint density at radius 1 is 0.821 bits per heavy atom. The summed E-state index contributed by atoms with van der Waals surface area (Å²) in [4.78, 5) is 11.7. The molecule has 7 nitrogen and oxygen atoms in total. The minimum absolute atomic E-state index is 0.375. The molecule has 0 unspecified atom stereocenters. The van der Waals surface area contributed by atoms with E-state index in [-0.39, 0.29) is 5.82 Å². The molecular formula is C31H49FN6O. The number of methoxy groups -OCH3 is 1. The maximum absolute atomic E-state index is 12.2. The van der Waals surface area contributed by atoms with E-state index in [1.54, 1.807) is 19.5 Å². The molecule has 4 rings (SSSR count). The van der Waals surface area contributed by atoms with Crippen molar-refractivity contribution in [1.82, 2.24) is 29.7 Å². The highest BCUT2D eigenvalue weighted by Gasteiger charge is 2.17. The normalized spacial score (nSPS) is 8.85. The Balaban J connectivity index is 0. The fourth-order valence-electron chi connectivity index (χ4n) is 3.09. The zero-order valence-corrected chi connectivity index (χ0v) is 26.1. The smallest absolute Gasteiger partial charge is 0.170 e. The van der Waals surface area contributed by atoms with Gasteiger partial charge in [-0.1, -0.05) is 74.4 Å². The molecule has 0 radical (unpaired) electrons. The van der Waals surface area contributed by atoms with E-state index < -0.39 is 0 Å². The molecule has 4 aromatic rings. The van der Waals surface area contributed by atoms with Crippen LogP contribution < -0.4 is 4.74 Å². The summed E-state index contributed by atoms with van der Waals surface area (Å²) in [6.07, 6.45) is 7.72. The van der Waals surface area contributed by atoms with Crippen LogP contribution in [0.1, 0.15) is 85.9 Å². The van der Waals surface area contributed by atoms with Gasteiger partial charge in [0.2, 0.25) is 0 Å². The predicted octanol–water partition coefficient (Wildman–Crippen LogP) is 8.63. The molecule has 3 heterocycles. The van der Waals surface area contributed by atoms with Crippen molar-refractivity contribution in [2.75, 3.05) is 7.11 Å². The van der Waals surface area contributed by atoms with Crippen LogP contribution in [-0.2, 0) is 6.42 Å². The van der Waals surface area contributed by atoms with E-state index in [0.717, 1.165) is 47.1 Å². The Kier molecular flexibility index (Phi) is 22.5. The largest absolute Gasteiger partial charge is 0.495 e. The van der Waals surface area contributed by atoms with Gasteiger partial charge in [-0.2, -0.15) is 0 Å². The maximum atomic E-state index is 12.2. The summed E-state index contributed by atoms with van der Waals surface area (Å²) in [5.41, 5.74) is 2.98. The number of hydrogen-bond donors (Lipinski definition) is 0. The van der Waals surface area contributed by atoms with Gasteiger partial charge >= 0.3 is 0 Å². The van der Waals surface area contributed by atoms with Crippen LogP contribution in [0.4, 0.5) is 4.39 Å². The second kappa shape index (κ2) is 23.4. The van der Waals surface area contributed by atoms with Crippen molar-refractivity contribution in [3.05, 3.63) is 78.1 Å². The highest BCUT2D eigenvalue weighted by atomic mass is 19.1. The monoisotopic (exact) mass is 540 g/mol. The molecule has 0 atom stereocenters. The number of nitrogens with zero attached hydrogens (tertiary/aromatic N) is 6. The third kappa shape index (κ3) is 12.1. The molecular weight excluding hydrogens is 491 g/mol. The molecule has 0 aliphatic heterocycles. The summed E-state index contributed by atoms with van der Waals surface area (Å²) < 4.78 is 19.7. The first kappa shape index (κ1) is 37.5. The van der Waals surface area contributed by atoms with Crippen molar-refractivity contribution in [1.29, 1.82) is 0 Å². The van der Waals surface area contributed by atoms with Crippen molar-refractivity contribution in [2.24, 2.45) is 0 Å². The fourth-order valence-corrected chi connectivity index (χ4v) is 3.09. The number of benzene rings is 1. The fraction of sp³-hybridized carbons (Fsp3) is 0.452. The first-order valence-corrected chi connectivity index (χ1v) is 14.0. The zero-order chi connectivity index (χ0) is 30.2. The molecule has 0 saturated heterocycles. The Labute approximate surface area is 236 Å². The molecule has 0 aliphatic carbocycles. The van der Waals surface area contributed by atoms with Gasteiger partial charge in [-0.15, -0.1) is 10.2 Å². The van der Waals surface area contributed by atoms with Crippen LogP contribution in [0.3, 0.4) is 0 Å². The Morgan fingerprint density at radius 2 is 1.44 bits per heavy atom. The van der Waals surface area contributed by atoms with E-state index in [0.29, 0.717) is 5.82 Å². The summed E-state index contributed by atoms with van der Waals surface area (Å²) in [6, 6.07) is 9.82. The number of ether oxygens (including phenoxy) is 1. The van der Waals surface area contributed by atoms with Gasteiger partial charge in [0.25, 0.3) is 0 Å². The number of halogens is 1. The summed E-state index contributed by atoms with van der Waals surface area (Å²) in [5, 5.41) is 8.51. The average Bonchev–Trinajstić information content (AvgIpc) is 3.39. The average molecular weight is 541 g/mol. The van der Waals surface area contributed by atoms with Gasteiger partial charge in [0.15, 0.2) is 11.6 Å². The van der Waals surface area contributed by atoms with Crippen molar-refractivity contribution >= 4 is 0 Å². The topological polar surface area (TPSA) is 78.6 Å². The predicted molar refractivity (Wildman–Crippen MR) is 162 cm³/mol. The van der Waals surface area contributed by atoms with E-state index in [2.05, 4.69) is 25.1 Å². The van der Waals surface area contributed by atoms with Gasteiger partial charge in [0.1, 0.15) is 17.4 Å². The van der Waals surface area contributed by atoms with E-state index in [1.807, 2.05) is 111 Å². The summed E-state index contributed by atoms with van der Waals surface area (Å²) in [6.45, 7) is 22.0. The molecule has 0 bridgehead atoms. The highest BCUT2D eigenvalue weighted by Crippen LogP contribution is 2.31. The minimum atomic E-state index is -0.375. The van der Waals surface area contributed by atoms with Gasteiger partial charge < -0.3 is 4.74 Å². The van der Waals surface area contributed by atoms with Crippen LogP contribution in [-0.4, -0.2) is 36.8 Å². The van der Waals surface area contributed by atoms with E-state index in [1.165, 1.54) is 12.4 Å². The molecule has 0 amide bonds. The standard InChI is InChI=1S/C16H16N4O.C7H9FN2.4C2H6/c1-11-6-4-8-14(21-3)15(11)20-12(2)18-19-16(20)13-7-5-9-17-10-13;1-2-3-7-9-4-6(8)5-10-7;4*1-2/h4-10H,1-3H3;4-5H,2-3H2,1H3;4*1-2H3. The highest BCUT2D eigenvalue weighted by molar-refractivity contribution is 5.62. The van der Waals surface area contributed by atoms with E-state index in [9.17, 15) is 4.39 Å². The van der Waals surface area contributed by atoms with Crippen LogP contribution in [0.2, 0.25) is 0 Å². The molecule has 0 aliphatic rings. The van der Waals surface area contributed by atoms with Crippen LogP contribution in [0, 0.1) is 19.7 Å². The Bertz CT molecular complexity index is 1120. The third-order valence-corrected chi connectivity index (χ3v) is 4.54. The molecule has 0 fully saturated rings. The van der Waals surface area contributed by atoms with E-state index in [4.69, 9.17) is 4.74 Å². The zero-order valence-electron chi connectivity index (χ0n) is 26.1. The number of pyridine rings is 1. The van der Waals surface area contributed by atoms with Gasteiger partial charge in [0, 0.05) is 24.4 Å². The van der Waals surface area contributed by atoms with Gasteiger partial charge in [-0.3, -0.25) is 9.55 Å². The van der Waals surface area contributed by atoms with Crippen molar-refractivity contribution in [3.63, 3.8) is 0 Å². The maximum Gasteiger partial charge on any atom is 0.170 e. The van der Waals surface area contributed by atoms with Crippen LogP contribution in [0.5, 0.6) is 5.75 Å². The SMILES string of the molecule is CC.CC.CC.CC.CCCc1ncc(F)cn1.COc1cccc(C)c1-n1c(C)nnc1-c1cccnc1. The van der Waals surface area contributed by atoms with Gasteiger partial charge in [-0.25, -0.2) is 14.4 Å². The lowest BCUT2D eigenvalue weighted by Gasteiger charge is -2.15. The summed E-state index contributed by atoms with van der Waals surface area (Å²) >= 11 is 0. The number of aryl methyl sites for hydroxylation is 3. The lowest BCUT2D eigenvalue weighted by Crippen LogP contribution is -2.04. The van der Waals surface area contributed by atoms with Crippen molar-refractivity contribution in [3.8, 4) is 22.8 Å². The first-order chi connectivity index (χ1) is 19.0. The number of hydrogen-bond acceptors (Lipinski definition) is 6. The molecule has 0 saturated carbocycles.